The molecule has 15 nitrogen and oxygen atoms in total. The van der Waals surface area contributed by atoms with Gasteiger partial charge in [0.25, 0.3) is 11.8 Å². The number of nitrogens with zero attached hydrogens (tertiary/aromatic N) is 7. The van der Waals surface area contributed by atoms with E-state index in [4.69, 9.17) is 10.8 Å². The number of hydrogen-bond acceptors (Lipinski definition) is 11. The van der Waals surface area contributed by atoms with Gasteiger partial charge in [-0.25, -0.2) is 18.9 Å². The first-order valence-corrected chi connectivity index (χ1v) is 21.3. The average molecular weight is 832 g/mol. The summed E-state index contributed by atoms with van der Waals surface area (Å²) in [7, 11) is 0. The van der Waals surface area contributed by atoms with Crippen molar-refractivity contribution in [2.45, 2.75) is 39.2 Å². The summed E-state index contributed by atoms with van der Waals surface area (Å²) in [5.74, 6) is -0.672. The topological polar surface area (TPSA) is 174 Å². The quantitative estimate of drug-likeness (QED) is 0.147. The second-order valence-corrected chi connectivity index (χ2v) is 16.5. The number of rotatable bonds is 9. The summed E-state index contributed by atoms with van der Waals surface area (Å²) < 4.78 is 17.7. The minimum Gasteiger partial charge on any atom is -0.372 e. The molecule has 0 unspecified atom stereocenters. The fourth-order valence-corrected chi connectivity index (χ4v) is 9.27. The fourth-order valence-electron chi connectivity index (χ4n) is 8.79. The number of fused-ring (bicyclic) bond motifs is 2. The number of amides is 5. The smallest absolute Gasteiger partial charge is 0.328 e. The van der Waals surface area contributed by atoms with E-state index in [9.17, 15) is 19.2 Å². The standard InChI is InChI=1S/C43H46FN11O4S/c1-26-32(42(58)48-35-24-60-25-46-35)7-8-33(38(26)44)39-37(40(45)57)41-47-34-9-6-31(22-28(34)12-17-55(41)50-39)53-20-18-51(19-21-53)23-27-10-14-52(15-11-27)29-2-4-30(5-3-29)54-16-13-36(56)49-43(54)59/h2-9,22,24-25,27,47H,10-21,23H2,1H3,(H2,45,57)(H,48,58)(H,49,56,59). The molecule has 5 N–H and O–H groups in total. The van der Waals surface area contributed by atoms with Crippen molar-refractivity contribution in [1.82, 2.24) is 25.0 Å². The highest BCUT2D eigenvalue weighted by Crippen LogP contribution is 2.38. The minimum atomic E-state index is -0.735. The molecule has 4 aliphatic rings. The lowest BCUT2D eigenvalue weighted by molar-refractivity contribution is -0.120. The first kappa shape index (κ1) is 39.1. The van der Waals surface area contributed by atoms with Gasteiger partial charge in [-0.15, -0.1) is 11.3 Å². The molecule has 3 aromatic carbocycles. The van der Waals surface area contributed by atoms with Crippen LogP contribution in [-0.4, -0.2) is 95.8 Å². The zero-order valence-electron chi connectivity index (χ0n) is 33.2. The molecule has 0 atom stereocenters. The first-order valence-electron chi connectivity index (χ1n) is 20.3. The van der Waals surface area contributed by atoms with E-state index in [0.717, 1.165) is 87.0 Å². The highest BCUT2D eigenvalue weighted by atomic mass is 32.1. The normalized spacial score (nSPS) is 17.4. The van der Waals surface area contributed by atoms with Gasteiger partial charge in [0.2, 0.25) is 5.91 Å². The molecule has 3 saturated heterocycles. The van der Waals surface area contributed by atoms with Crippen molar-refractivity contribution >= 4 is 69.5 Å². The van der Waals surface area contributed by atoms with Gasteiger partial charge in [0.15, 0.2) is 0 Å². The average Bonchev–Trinajstić information content (AvgIpc) is 3.85. The Morgan fingerprint density at radius 2 is 1.62 bits per heavy atom. The number of imide groups is 1. The Bertz CT molecular complexity index is 2460. The van der Waals surface area contributed by atoms with Crippen molar-refractivity contribution in [2.75, 3.05) is 77.7 Å². The van der Waals surface area contributed by atoms with E-state index < -0.39 is 17.6 Å². The second kappa shape index (κ2) is 16.4. The maximum Gasteiger partial charge on any atom is 0.328 e. The predicted molar refractivity (Wildman–Crippen MR) is 230 cm³/mol. The number of hydrogen-bond donors (Lipinski definition) is 4. The van der Waals surface area contributed by atoms with Crippen molar-refractivity contribution < 1.29 is 23.6 Å². The monoisotopic (exact) mass is 831 g/mol. The number of carbonyl (C=O) groups excluding carboxylic acids is 4. The molecule has 17 heteroatoms. The number of anilines is 6. The van der Waals surface area contributed by atoms with Gasteiger partial charge in [-0.1, -0.05) is 0 Å². The molecule has 4 aliphatic heterocycles. The van der Waals surface area contributed by atoms with Crippen LogP contribution in [0.4, 0.5) is 43.6 Å². The molecule has 3 fully saturated rings. The Kier molecular flexibility index (Phi) is 10.7. The van der Waals surface area contributed by atoms with E-state index >= 15 is 4.39 Å². The number of thiazole rings is 1. The van der Waals surface area contributed by atoms with Gasteiger partial charge < -0.3 is 26.2 Å². The van der Waals surface area contributed by atoms with Gasteiger partial charge in [-0.05, 0) is 97.8 Å². The lowest BCUT2D eigenvalue weighted by Crippen LogP contribution is -2.49. The van der Waals surface area contributed by atoms with Crippen molar-refractivity contribution in [1.29, 1.82) is 0 Å². The Morgan fingerprint density at radius 1 is 0.883 bits per heavy atom. The van der Waals surface area contributed by atoms with Crippen LogP contribution in [0, 0.1) is 18.7 Å². The first-order chi connectivity index (χ1) is 29.1. The van der Waals surface area contributed by atoms with Gasteiger partial charge in [-0.3, -0.25) is 29.5 Å². The Labute approximate surface area is 350 Å². The van der Waals surface area contributed by atoms with Crippen LogP contribution < -0.4 is 36.4 Å². The fraction of sp³-hybridized carbons (Fsp3) is 0.349. The lowest BCUT2D eigenvalue weighted by Gasteiger charge is -2.40. The molecule has 6 heterocycles. The number of aromatic nitrogens is 3. The van der Waals surface area contributed by atoms with E-state index in [1.165, 1.54) is 30.4 Å². The molecule has 9 rings (SSSR count). The highest BCUT2D eigenvalue weighted by Gasteiger charge is 2.30. The molecule has 310 valence electrons. The minimum absolute atomic E-state index is 0.0864. The third kappa shape index (κ3) is 7.77. The number of piperazine rings is 1. The number of piperidine rings is 1. The number of primary amides is 1. The summed E-state index contributed by atoms with van der Waals surface area (Å²) in [6, 6.07) is 17.0. The summed E-state index contributed by atoms with van der Waals surface area (Å²) >= 11 is 1.34. The summed E-state index contributed by atoms with van der Waals surface area (Å²) in [4.78, 5) is 62.7. The molecule has 60 heavy (non-hydrogen) atoms. The maximum absolute atomic E-state index is 16.0. The van der Waals surface area contributed by atoms with E-state index in [-0.39, 0.29) is 39.9 Å². The Morgan fingerprint density at radius 3 is 2.33 bits per heavy atom. The molecule has 5 aromatic rings. The molecule has 0 spiro atoms. The number of nitrogens with two attached hydrogens (primary N) is 1. The van der Waals surface area contributed by atoms with E-state index in [1.807, 2.05) is 18.2 Å². The SMILES string of the molecule is Cc1c(C(=O)Nc2cscn2)ccc(-c2nn3c(c2C(N)=O)Nc2ccc(N4CCN(CC5CCN(c6ccc(N7CCC(=O)NC7=O)cc6)CC5)CC4)cc2CC3)c1F. The third-order valence-electron chi connectivity index (χ3n) is 12.1. The second-order valence-electron chi connectivity index (χ2n) is 15.8. The van der Waals surface area contributed by atoms with Crippen LogP contribution in [0.3, 0.4) is 0 Å². The molecule has 0 aliphatic carbocycles. The summed E-state index contributed by atoms with van der Waals surface area (Å²) in [6.07, 6.45) is 3.20. The van der Waals surface area contributed by atoms with Gasteiger partial charge in [0.05, 0.1) is 5.51 Å². The summed E-state index contributed by atoms with van der Waals surface area (Å²) in [5.41, 5.74) is 13.1. The summed E-state index contributed by atoms with van der Waals surface area (Å²) in [5, 5.41) is 14.8. The molecule has 0 saturated carbocycles. The van der Waals surface area contributed by atoms with Crippen LogP contribution in [0.5, 0.6) is 0 Å². The largest absolute Gasteiger partial charge is 0.372 e. The van der Waals surface area contributed by atoms with Crippen LogP contribution in [0.15, 0.2) is 65.5 Å². The Hall–Kier alpha value is -6.33. The number of aryl methyl sites for hydroxylation is 2. The predicted octanol–water partition coefficient (Wildman–Crippen LogP) is 5.59. The number of urea groups is 1. The van der Waals surface area contributed by atoms with E-state index in [0.29, 0.717) is 43.5 Å². The van der Waals surface area contributed by atoms with Crippen LogP contribution in [-0.2, 0) is 17.8 Å². The molecular formula is C43H46FN11O4S. The van der Waals surface area contributed by atoms with Crippen LogP contribution in [0.1, 0.15) is 51.1 Å². The van der Waals surface area contributed by atoms with Gasteiger partial charge >= 0.3 is 6.03 Å². The van der Waals surface area contributed by atoms with E-state index in [1.54, 1.807) is 20.5 Å². The van der Waals surface area contributed by atoms with Gasteiger partial charge in [-0.2, -0.15) is 5.10 Å². The summed E-state index contributed by atoms with van der Waals surface area (Å²) in [6.45, 7) is 9.26. The Balaban J connectivity index is 0.800. The van der Waals surface area contributed by atoms with Crippen molar-refractivity contribution in [3.63, 3.8) is 0 Å². The number of nitrogens with one attached hydrogen (secondary N) is 3. The van der Waals surface area contributed by atoms with Crippen molar-refractivity contribution in [2.24, 2.45) is 11.7 Å². The number of benzene rings is 3. The zero-order chi connectivity index (χ0) is 41.5. The van der Waals surface area contributed by atoms with Gasteiger partial charge in [0.1, 0.15) is 28.7 Å². The highest BCUT2D eigenvalue weighted by molar-refractivity contribution is 7.07. The molecule has 0 bridgehead atoms. The third-order valence-corrected chi connectivity index (χ3v) is 12.7. The van der Waals surface area contributed by atoms with Crippen LogP contribution in [0.2, 0.25) is 0 Å². The maximum atomic E-state index is 16.0. The molecular weight excluding hydrogens is 786 g/mol. The van der Waals surface area contributed by atoms with Crippen molar-refractivity contribution in [3.05, 3.63) is 93.6 Å². The molecule has 2 aromatic heterocycles. The lowest BCUT2D eigenvalue weighted by atomic mass is 9.95. The van der Waals surface area contributed by atoms with Gasteiger partial charge in [0, 0.05) is 105 Å². The molecule has 5 amide bonds. The van der Waals surface area contributed by atoms with Crippen LogP contribution in [0.25, 0.3) is 11.3 Å². The molecule has 0 radical (unpaired) electrons. The number of carbonyl (C=O) groups is 4. The zero-order valence-corrected chi connectivity index (χ0v) is 34.1. The van der Waals surface area contributed by atoms with Crippen molar-refractivity contribution in [3.8, 4) is 11.3 Å². The van der Waals surface area contributed by atoms with E-state index in [2.05, 4.69) is 59.9 Å². The number of halogens is 1. The van der Waals surface area contributed by atoms with Crippen LogP contribution >= 0.6 is 11.3 Å².